The van der Waals surface area contributed by atoms with Crippen LogP contribution in [0.15, 0.2) is 11.8 Å². The molecule has 6 heteroatoms. The zero-order valence-electron chi connectivity index (χ0n) is 18.1. The van der Waals surface area contributed by atoms with Crippen LogP contribution in [0.3, 0.4) is 0 Å². The molecule has 2 aliphatic rings. The first-order valence-corrected chi connectivity index (χ1v) is 10.7. The smallest absolute Gasteiger partial charge is 0.223 e. The third-order valence-electron chi connectivity index (χ3n) is 6.06. The van der Waals surface area contributed by atoms with Crippen LogP contribution in [0.5, 0.6) is 0 Å². The topological polar surface area (TPSA) is 59.6 Å². The van der Waals surface area contributed by atoms with Crippen molar-refractivity contribution in [2.24, 2.45) is 17.8 Å². The molecule has 0 spiro atoms. The minimum absolute atomic E-state index is 0.207. The Kier molecular flexibility index (Phi) is 9.06. The maximum atomic E-state index is 12.4. The number of carbonyl (C=O) groups is 1. The molecule has 2 rings (SSSR count). The summed E-state index contributed by atoms with van der Waals surface area (Å²) in [6.07, 6.45) is 7.56. The second-order valence-electron chi connectivity index (χ2n) is 8.83. The zero-order valence-corrected chi connectivity index (χ0v) is 18.1. The molecule has 156 valence electrons. The third kappa shape index (κ3) is 6.77. The predicted octanol–water partition coefficient (Wildman–Crippen LogP) is 1.81. The standard InChI is InChI=1S/C21H41N5O/c1-16(2)10-11-23-21(27)18-8-6-17(7-9-18)20-19(14-24-26(20)5)15-25(4)13-12-22-3/h14,16-18,20,22,24H,6-13,15H2,1-5H3,(H,23,27)/t17-,18+,20?. The summed E-state index contributed by atoms with van der Waals surface area (Å²) in [5.41, 5.74) is 4.87. The number of nitrogens with one attached hydrogen (secondary N) is 3. The van der Waals surface area contributed by atoms with Crippen LogP contribution in [0, 0.1) is 17.8 Å². The lowest BCUT2D eigenvalue weighted by molar-refractivity contribution is -0.126. The summed E-state index contributed by atoms with van der Waals surface area (Å²) in [6.45, 7) is 8.27. The van der Waals surface area contributed by atoms with E-state index in [4.69, 9.17) is 0 Å². The number of nitrogens with zero attached hydrogens (tertiary/aromatic N) is 2. The van der Waals surface area contributed by atoms with E-state index in [9.17, 15) is 4.79 Å². The van der Waals surface area contributed by atoms with Gasteiger partial charge in [-0.15, -0.1) is 0 Å². The minimum Gasteiger partial charge on any atom is -0.356 e. The number of likely N-dealkylation sites (N-methyl/N-ethyl adjacent to an activating group) is 3. The molecular weight excluding hydrogens is 338 g/mol. The van der Waals surface area contributed by atoms with E-state index in [0.29, 0.717) is 17.9 Å². The summed E-state index contributed by atoms with van der Waals surface area (Å²) in [5.74, 6) is 1.75. The molecule has 1 aliphatic carbocycles. The molecule has 1 fully saturated rings. The monoisotopic (exact) mass is 379 g/mol. The fraction of sp³-hybridized carbons (Fsp3) is 0.857. The highest BCUT2D eigenvalue weighted by molar-refractivity contribution is 5.78. The van der Waals surface area contributed by atoms with Crippen LogP contribution in [0.25, 0.3) is 0 Å². The highest BCUT2D eigenvalue weighted by Crippen LogP contribution is 2.36. The molecule has 0 bridgehead atoms. The van der Waals surface area contributed by atoms with Crippen LogP contribution >= 0.6 is 0 Å². The van der Waals surface area contributed by atoms with Crippen molar-refractivity contribution in [1.82, 2.24) is 26.0 Å². The van der Waals surface area contributed by atoms with Crippen LogP contribution in [0.4, 0.5) is 0 Å². The van der Waals surface area contributed by atoms with E-state index in [1.54, 1.807) is 0 Å². The number of hydrogen-bond acceptors (Lipinski definition) is 5. The Bertz CT molecular complexity index is 485. The van der Waals surface area contributed by atoms with Gasteiger partial charge in [-0.1, -0.05) is 13.8 Å². The van der Waals surface area contributed by atoms with E-state index in [1.807, 2.05) is 7.05 Å². The molecule has 1 unspecified atom stereocenters. The summed E-state index contributed by atoms with van der Waals surface area (Å²) in [6, 6.07) is 0.451. The summed E-state index contributed by atoms with van der Waals surface area (Å²) >= 11 is 0. The Hall–Kier alpha value is -1.11. The largest absolute Gasteiger partial charge is 0.356 e. The van der Waals surface area contributed by atoms with Crippen LogP contribution in [0.2, 0.25) is 0 Å². The van der Waals surface area contributed by atoms with Crippen molar-refractivity contribution < 1.29 is 4.79 Å². The highest BCUT2D eigenvalue weighted by atomic mass is 16.1. The zero-order chi connectivity index (χ0) is 19.8. The second-order valence-corrected chi connectivity index (χ2v) is 8.83. The molecular formula is C21H41N5O. The van der Waals surface area contributed by atoms with Crippen LogP contribution < -0.4 is 16.1 Å². The van der Waals surface area contributed by atoms with Gasteiger partial charge in [0.25, 0.3) is 0 Å². The number of amides is 1. The Morgan fingerprint density at radius 3 is 2.63 bits per heavy atom. The summed E-state index contributed by atoms with van der Waals surface area (Å²) in [4.78, 5) is 14.8. The van der Waals surface area contributed by atoms with E-state index >= 15 is 0 Å². The average molecular weight is 380 g/mol. The Morgan fingerprint density at radius 1 is 1.30 bits per heavy atom. The Labute approximate surface area is 166 Å². The molecule has 1 atom stereocenters. The Balaban J connectivity index is 1.81. The molecule has 6 nitrogen and oxygen atoms in total. The molecule has 3 N–H and O–H groups in total. The van der Waals surface area contributed by atoms with E-state index in [0.717, 1.165) is 58.3 Å². The molecule has 0 aromatic heterocycles. The van der Waals surface area contributed by atoms with Gasteiger partial charge in [-0.25, -0.2) is 5.01 Å². The summed E-state index contributed by atoms with van der Waals surface area (Å²) < 4.78 is 0. The summed E-state index contributed by atoms with van der Waals surface area (Å²) in [5, 5.41) is 8.62. The number of rotatable bonds is 10. The third-order valence-corrected chi connectivity index (χ3v) is 6.06. The van der Waals surface area contributed by atoms with Gasteiger partial charge in [-0.2, -0.15) is 0 Å². The summed E-state index contributed by atoms with van der Waals surface area (Å²) in [7, 11) is 6.33. The van der Waals surface area contributed by atoms with Gasteiger partial charge in [0.2, 0.25) is 5.91 Å². The van der Waals surface area contributed by atoms with Gasteiger partial charge in [0.15, 0.2) is 0 Å². The van der Waals surface area contributed by atoms with Crippen molar-refractivity contribution in [3.8, 4) is 0 Å². The predicted molar refractivity (Wildman–Crippen MR) is 112 cm³/mol. The normalized spacial score (nSPS) is 26.3. The molecule has 27 heavy (non-hydrogen) atoms. The molecule has 1 saturated carbocycles. The lowest BCUT2D eigenvalue weighted by atomic mass is 9.76. The fourth-order valence-electron chi connectivity index (χ4n) is 4.38. The van der Waals surface area contributed by atoms with Gasteiger partial charge >= 0.3 is 0 Å². The van der Waals surface area contributed by atoms with Gasteiger partial charge in [0.1, 0.15) is 0 Å². The molecule has 0 radical (unpaired) electrons. The molecule has 1 aliphatic heterocycles. The number of carbonyl (C=O) groups excluding carboxylic acids is 1. The van der Waals surface area contributed by atoms with Gasteiger partial charge in [-0.3, -0.25) is 4.79 Å². The maximum Gasteiger partial charge on any atom is 0.223 e. The van der Waals surface area contributed by atoms with Crippen molar-refractivity contribution in [3.63, 3.8) is 0 Å². The molecule has 0 aromatic rings. The lowest BCUT2D eigenvalue weighted by Gasteiger charge is -2.36. The Morgan fingerprint density at radius 2 is 2.00 bits per heavy atom. The first kappa shape index (κ1) is 22.2. The van der Waals surface area contributed by atoms with Crippen molar-refractivity contribution >= 4 is 5.91 Å². The molecule has 1 heterocycles. The quantitative estimate of drug-likeness (QED) is 0.540. The van der Waals surface area contributed by atoms with Crippen molar-refractivity contribution in [3.05, 3.63) is 11.8 Å². The fourth-order valence-corrected chi connectivity index (χ4v) is 4.38. The van der Waals surface area contributed by atoms with Crippen LogP contribution in [-0.4, -0.2) is 69.2 Å². The van der Waals surface area contributed by atoms with Crippen molar-refractivity contribution in [2.75, 3.05) is 47.3 Å². The van der Waals surface area contributed by atoms with Crippen molar-refractivity contribution in [2.45, 2.75) is 52.0 Å². The first-order valence-electron chi connectivity index (χ1n) is 10.7. The van der Waals surface area contributed by atoms with Crippen LogP contribution in [0.1, 0.15) is 46.0 Å². The van der Waals surface area contributed by atoms with Gasteiger partial charge in [0.05, 0.1) is 6.04 Å². The van der Waals surface area contributed by atoms with Gasteiger partial charge in [-0.05, 0) is 63.6 Å². The van der Waals surface area contributed by atoms with Crippen molar-refractivity contribution in [1.29, 1.82) is 0 Å². The molecule has 0 aromatic carbocycles. The highest BCUT2D eigenvalue weighted by Gasteiger charge is 2.36. The van der Waals surface area contributed by atoms with E-state index in [-0.39, 0.29) is 11.8 Å². The van der Waals surface area contributed by atoms with Crippen LogP contribution in [-0.2, 0) is 4.79 Å². The van der Waals surface area contributed by atoms with E-state index in [1.165, 1.54) is 5.57 Å². The maximum absolute atomic E-state index is 12.4. The SMILES string of the molecule is CNCCN(C)CC1=CNN(C)C1[C@H]1CC[C@@H](C(=O)NCCC(C)C)CC1. The average Bonchev–Trinajstić information content (AvgIpc) is 2.99. The second kappa shape index (κ2) is 11.0. The lowest BCUT2D eigenvalue weighted by Crippen LogP contribution is -2.44. The first-order chi connectivity index (χ1) is 12.9. The molecule has 0 saturated heterocycles. The number of hydrogen-bond donors (Lipinski definition) is 3. The van der Waals surface area contributed by atoms with E-state index < -0.39 is 0 Å². The number of hydrazine groups is 1. The van der Waals surface area contributed by atoms with E-state index in [2.05, 4.69) is 60.1 Å². The minimum atomic E-state index is 0.207. The van der Waals surface area contributed by atoms with Gasteiger partial charge in [0, 0.05) is 45.3 Å². The molecule has 1 amide bonds. The van der Waals surface area contributed by atoms with Gasteiger partial charge < -0.3 is 21.0 Å².